The van der Waals surface area contributed by atoms with Gasteiger partial charge in [-0.3, -0.25) is 9.59 Å². The first-order chi connectivity index (χ1) is 15.9. The van der Waals surface area contributed by atoms with Crippen molar-refractivity contribution in [1.82, 2.24) is 10.6 Å². The molecule has 1 aromatic rings. The number of amides is 2. The zero-order chi connectivity index (χ0) is 24.5. The van der Waals surface area contributed by atoms with Crippen LogP contribution >= 0.6 is 0 Å². The van der Waals surface area contributed by atoms with Gasteiger partial charge in [-0.1, -0.05) is 44.9 Å². The molecule has 0 aliphatic heterocycles. The maximum absolute atomic E-state index is 12.5. The number of aliphatic hydroxyl groups is 3. The molecule has 0 heterocycles. The minimum Gasteiger partial charge on any atom is -0.494 e. The number of hydrogen-bond donors (Lipinski definition) is 5. The van der Waals surface area contributed by atoms with Crippen LogP contribution in [0.4, 0.5) is 0 Å². The van der Waals surface area contributed by atoms with E-state index < -0.39 is 23.9 Å². The zero-order valence-corrected chi connectivity index (χ0v) is 20.1. The summed E-state index contributed by atoms with van der Waals surface area (Å²) in [7, 11) is 0. The summed E-state index contributed by atoms with van der Waals surface area (Å²) in [4.78, 5) is 25.0. The van der Waals surface area contributed by atoms with Gasteiger partial charge in [-0.15, -0.1) is 0 Å². The van der Waals surface area contributed by atoms with Gasteiger partial charge in [-0.05, 0) is 44.9 Å². The van der Waals surface area contributed by atoms with E-state index in [2.05, 4.69) is 10.6 Å². The van der Waals surface area contributed by atoms with Gasteiger partial charge in [-0.2, -0.15) is 0 Å². The lowest BCUT2D eigenvalue weighted by molar-refractivity contribution is 0.0921. The molecule has 0 saturated carbocycles. The van der Waals surface area contributed by atoms with Gasteiger partial charge in [0.25, 0.3) is 11.8 Å². The summed E-state index contributed by atoms with van der Waals surface area (Å²) in [6, 6.07) is 3.84. The maximum atomic E-state index is 12.5. The van der Waals surface area contributed by atoms with Crippen molar-refractivity contribution in [2.75, 3.05) is 26.4 Å². The van der Waals surface area contributed by atoms with Gasteiger partial charge in [-0.25, -0.2) is 0 Å². The van der Waals surface area contributed by atoms with Gasteiger partial charge < -0.3 is 30.7 Å². The number of rotatable bonds is 18. The fraction of sp³-hybridized carbons (Fsp3) is 0.680. The number of aliphatic hydroxyl groups excluding tert-OH is 3. The number of hydrogen-bond acceptors (Lipinski definition) is 6. The summed E-state index contributed by atoms with van der Waals surface area (Å²) in [6.45, 7) is 3.76. The third-order valence-electron chi connectivity index (χ3n) is 5.30. The Kier molecular flexibility index (Phi) is 15.2. The summed E-state index contributed by atoms with van der Waals surface area (Å²) in [5.41, 5.74) is 0.548. The van der Waals surface area contributed by atoms with Gasteiger partial charge in [0.05, 0.1) is 19.8 Å². The number of unbranched alkanes of at least 4 members (excludes halogenated alkanes) is 8. The van der Waals surface area contributed by atoms with E-state index in [1.807, 2.05) is 0 Å². The first kappa shape index (κ1) is 28.9. The Morgan fingerprint density at radius 1 is 0.727 bits per heavy atom. The molecule has 1 aromatic carbocycles. The lowest BCUT2D eigenvalue weighted by atomic mass is 10.1. The van der Waals surface area contributed by atoms with Crippen molar-refractivity contribution in [3.8, 4) is 5.75 Å². The average Bonchev–Trinajstić information content (AvgIpc) is 2.81. The molecule has 0 aromatic heterocycles. The number of nitrogens with one attached hydrogen (secondary N) is 2. The second-order valence-corrected chi connectivity index (χ2v) is 8.61. The Morgan fingerprint density at radius 3 is 1.58 bits per heavy atom. The highest BCUT2D eigenvalue weighted by atomic mass is 16.5. The summed E-state index contributed by atoms with van der Waals surface area (Å²) >= 11 is 0. The molecule has 8 heteroatoms. The second kappa shape index (κ2) is 17.3. The highest BCUT2D eigenvalue weighted by Gasteiger charge is 2.16. The monoisotopic (exact) mass is 466 g/mol. The van der Waals surface area contributed by atoms with Crippen LogP contribution in [0.5, 0.6) is 5.75 Å². The zero-order valence-electron chi connectivity index (χ0n) is 20.1. The molecule has 0 bridgehead atoms. The fourth-order valence-electron chi connectivity index (χ4n) is 3.29. The van der Waals surface area contributed by atoms with Crippen LogP contribution in [0.15, 0.2) is 18.2 Å². The molecule has 0 fully saturated rings. The van der Waals surface area contributed by atoms with E-state index >= 15 is 0 Å². The Hall–Kier alpha value is -2.16. The molecule has 2 atom stereocenters. The van der Waals surface area contributed by atoms with Crippen molar-refractivity contribution in [3.63, 3.8) is 0 Å². The number of benzene rings is 1. The van der Waals surface area contributed by atoms with Crippen LogP contribution in [0, 0.1) is 0 Å². The minimum absolute atomic E-state index is 0.189. The van der Waals surface area contributed by atoms with Crippen LogP contribution in [0.25, 0.3) is 0 Å². The topological polar surface area (TPSA) is 128 Å². The Morgan fingerprint density at radius 2 is 1.15 bits per heavy atom. The molecule has 1 rings (SSSR count). The number of carbonyl (C=O) groups excluding carboxylic acids is 2. The van der Waals surface area contributed by atoms with Crippen molar-refractivity contribution in [2.24, 2.45) is 0 Å². The van der Waals surface area contributed by atoms with Crippen LogP contribution in [0.3, 0.4) is 0 Å². The molecular weight excluding hydrogens is 424 g/mol. The van der Waals surface area contributed by atoms with Crippen LogP contribution < -0.4 is 15.4 Å². The predicted octanol–water partition coefficient (Wildman–Crippen LogP) is 2.79. The average molecular weight is 467 g/mol. The summed E-state index contributed by atoms with van der Waals surface area (Å²) < 4.78 is 5.84. The van der Waals surface area contributed by atoms with Crippen molar-refractivity contribution in [3.05, 3.63) is 29.3 Å². The molecule has 0 aliphatic carbocycles. The van der Waals surface area contributed by atoms with Crippen LogP contribution in [0.1, 0.15) is 92.4 Å². The highest BCUT2D eigenvalue weighted by Crippen LogP contribution is 2.19. The Balaban J connectivity index is 2.59. The van der Waals surface area contributed by atoms with E-state index in [9.17, 15) is 19.8 Å². The van der Waals surface area contributed by atoms with Gasteiger partial charge >= 0.3 is 0 Å². The Bertz CT molecular complexity index is 655. The molecule has 0 unspecified atom stereocenters. The fourth-order valence-corrected chi connectivity index (χ4v) is 3.29. The molecule has 5 N–H and O–H groups in total. The minimum atomic E-state index is -0.413. The lowest BCUT2D eigenvalue weighted by Crippen LogP contribution is -2.36. The largest absolute Gasteiger partial charge is 0.494 e. The third-order valence-corrected chi connectivity index (χ3v) is 5.30. The number of carbonyl (C=O) groups is 2. The normalized spacial score (nSPS) is 12.8. The van der Waals surface area contributed by atoms with Crippen molar-refractivity contribution < 1.29 is 29.6 Å². The van der Waals surface area contributed by atoms with Gasteiger partial charge in [0, 0.05) is 29.8 Å². The van der Waals surface area contributed by atoms with E-state index in [0.717, 1.165) is 32.1 Å². The molecule has 0 saturated heterocycles. The van der Waals surface area contributed by atoms with E-state index in [1.165, 1.54) is 31.7 Å². The first-order valence-electron chi connectivity index (χ1n) is 12.1. The molecule has 0 spiro atoms. The van der Waals surface area contributed by atoms with Gasteiger partial charge in [0.1, 0.15) is 5.75 Å². The van der Waals surface area contributed by atoms with Crippen LogP contribution in [-0.4, -0.2) is 65.6 Å². The standard InChI is InChI=1S/C25H42N2O6/c1-19(17-29)26-24(31)21-14-22(25(32)27-20(2)18-30)16-23(15-21)33-13-11-9-7-5-3-4-6-8-10-12-28/h14-16,19-20,28-30H,3-13,17-18H2,1-2H3,(H,26,31)(H,27,32)/t19-,20-/m0/s1. The molecule has 8 nitrogen and oxygen atoms in total. The van der Waals surface area contributed by atoms with Gasteiger partial charge in [0.2, 0.25) is 0 Å². The SMILES string of the molecule is C[C@@H](CO)NC(=O)c1cc(OCCCCCCCCCCCO)cc(C(=O)N[C@@H](C)CO)c1. The summed E-state index contributed by atoms with van der Waals surface area (Å²) in [6.07, 6.45) is 9.84. The summed E-state index contributed by atoms with van der Waals surface area (Å²) in [5, 5.41) is 32.5. The summed E-state index contributed by atoms with van der Waals surface area (Å²) in [5.74, 6) is -0.361. The molecule has 0 radical (unpaired) electrons. The first-order valence-corrected chi connectivity index (χ1v) is 12.1. The second-order valence-electron chi connectivity index (χ2n) is 8.61. The van der Waals surface area contributed by atoms with E-state index in [1.54, 1.807) is 26.0 Å². The lowest BCUT2D eigenvalue weighted by Gasteiger charge is -2.15. The van der Waals surface area contributed by atoms with Crippen LogP contribution in [-0.2, 0) is 0 Å². The maximum Gasteiger partial charge on any atom is 0.251 e. The smallest absolute Gasteiger partial charge is 0.251 e. The van der Waals surface area contributed by atoms with E-state index in [0.29, 0.717) is 12.4 Å². The predicted molar refractivity (Wildman–Crippen MR) is 129 cm³/mol. The third kappa shape index (κ3) is 12.6. The van der Waals surface area contributed by atoms with Crippen LogP contribution in [0.2, 0.25) is 0 Å². The van der Waals surface area contributed by atoms with E-state index in [4.69, 9.17) is 9.84 Å². The highest BCUT2D eigenvalue weighted by molar-refractivity contribution is 6.00. The molecule has 0 aliphatic rings. The van der Waals surface area contributed by atoms with Crippen molar-refractivity contribution in [2.45, 2.75) is 83.7 Å². The molecule has 188 valence electrons. The van der Waals surface area contributed by atoms with E-state index in [-0.39, 0.29) is 30.9 Å². The van der Waals surface area contributed by atoms with Gasteiger partial charge in [0.15, 0.2) is 0 Å². The molecule has 2 amide bonds. The molecular formula is C25H42N2O6. The quantitative estimate of drug-likeness (QED) is 0.212. The van der Waals surface area contributed by atoms with Crippen molar-refractivity contribution in [1.29, 1.82) is 0 Å². The number of ether oxygens (including phenoxy) is 1. The Labute approximate surface area is 197 Å². The molecule has 33 heavy (non-hydrogen) atoms. The van der Waals surface area contributed by atoms with Crippen molar-refractivity contribution >= 4 is 11.8 Å².